The van der Waals surface area contributed by atoms with E-state index >= 15 is 0 Å². The Hall–Kier alpha value is -1.96. The molecule has 0 aromatic carbocycles. The van der Waals surface area contributed by atoms with E-state index in [0.717, 1.165) is 0 Å². The molecule has 2 aromatic rings. The van der Waals surface area contributed by atoms with Gasteiger partial charge >= 0.3 is 13.8 Å². The van der Waals surface area contributed by atoms with Gasteiger partial charge in [0.2, 0.25) is 11.4 Å². The Morgan fingerprint density at radius 2 is 1.87 bits per heavy atom. The third-order valence-corrected chi connectivity index (χ3v) is 4.05. The summed E-state index contributed by atoms with van der Waals surface area (Å²) in [4.78, 5) is 20.1. The lowest BCUT2D eigenvalue weighted by Crippen LogP contribution is -2.12. The van der Waals surface area contributed by atoms with Crippen LogP contribution >= 0.6 is 7.82 Å². The van der Waals surface area contributed by atoms with Crippen molar-refractivity contribution in [2.45, 2.75) is 20.8 Å². The molecule has 0 spiro atoms. The molecule has 10 heteroatoms. The van der Waals surface area contributed by atoms with Crippen molar-refractivity contribution in [1.82, 2.24) is 9.97 Å². The van der Waals surface area contributed by atoms with E-state index in [1.807, 2.05) is 0 Å². The number of phosphoric ester groups is 1. The number of furan rings is 1. The molecule has 0 saturated heterocycles. The molecule has 0 saturated carbocycles. The Kier molecular flexibility index (Phi) is 5.70. The Balaban J connectivity index is 2.45. The molecule has 0 amide bonds. The van der Waals surface area contributed by atoms with Gasteiger partial charge in [0.15, 0.2) is 0 Å². The molecule has 9 nitrogen and oxygen atoms in total. The molecular formula is C13H17N2O7P. The highest BCUT2D eigenvalue weighted by Crippen LogP contribution is 2.49. The van der Waals surface area contributed by atoms with E-state index in [0.29, 0.717) is 5.52 Å². The molecule has 0 bridgehead atoms. The highest BCUT2D eigenvalue weighted by molar-refractivity contribution is 7.48. The summed E-state index contributed by atoms with van der Waals surface area (Å²) < 4.78 is 37.8. The average molecular weight is 344 g/mol. The molecule has 2 heterocycles. The molecule has 0 aliphatic carbocycles. The van der Waals surface area contributed by atoms with Gasteiger partial charge < -0.3 is 13.7 Å². The number of fused-ring (bicyclic) bond motifs is 1. The monoisotopic (exact) mass is 344 g/mol. The molecule has 2 aromatic heterocycles. The second-order valence-electron chi connectivity index (χ2n) is 4.08. The zero-order chi connectivity index (χ0) is 16.9. The molecule has 2 rings (SSSR count). The van der Waals surface area contributed by atoms with Crippen molar-refractivity contribution in [2.24, 2.45) is 0 Å². The number of hydrogen-bond donors (Lipinski definition) is 0. The van der Waals surface area contributed by atoms with Crippen LogP contribution in [-0.4, -0.2) is 35.8 Å². The van der Waals surface area contributed by atoms with Gasteiger partial charge in [-0.3, -0.25) is 9.05 Å². The highest BCUT2D eigenvalue weighted by atomic mass is 31.2. The third kappa shape index (κ3) is 4.07. The van der Waals surface area contributed by atoms with Gasteiger partial charge in [-0.05, 0) is 20.8 Å². The maximum Gasteiger partial charge on any atom is 0.531 e. The minimum absolute atomic E-state index is 0.0858. The first kappa shape index (κ1) is 17.4. The number of ether oxygens (including phenoxy) is 1. The van der Waals surface area contributed by atoms with Crippen molar-refractivity contribution in [2.75, 3.05) is 19.8 Å². The van der Waals surface area contributed by atoms with E-state index in [2.05, 4.69) is 9.97 Å². The van der Waals surface area contributed by atoms with E-state index in [-0.39, 0.29) is 37.1 Å². The number of carbonyl (C=O) groups is 1. The first-order valence-corrected chi connectivity index (χ1v) is 8.50. The van der Waals surface area contributed by atoms with Crippen LogP contribution in [0.3, 0.4) is 0 Å². The standard InChI is InChI=1S/C13H17N2O7P/c1-4-18-13(16)10-12(15-11-9(14-10)7-8-19-11)22-23(17,20-5-2)21-6-3/h7-8H,4-6H2,1-3H3. The Bertz CT molecular complexity index is 720. The van der Waals surface area contributed by atoms with Crippen molar-refractivity contribution < 1.29 is 32.1 Å². The number of nitrogens with zero attached hydrogens (tertiary/aromatic N) is 2. The molecule has 0 N–H and O–H groups in total. The first-order valence-electron chi connectivity index (χ1n) is 7.04. The fourth-order valence-electron chi connectivity index (χ4n) is 1.68. The summed E-state index contributed by atoms with van der Waals surface area (Å²) in [5.41, 5.74) is 0.219. The fourth-order valence-corrected chi connectivity index (χ4v) is 2.84. The van der Waals surface area contributed by atoms with Gasteiger partial charge in [-0.15, -0.1) is 0 Å². The topological polar surface area (TPSA) is 110 Å². The van der Waals surface area contributed by atoms with E-state index in [1.54, 1.807) is 20.8 Å². The van der Waals surface area contributed by atoms with Gasteiger partial charge in [-0.25, -0.2) is 14.3 Å². The van der Waals surface area contributed by atoms with Crippen molar-refractivity contribution in [3.05, 3.63) is 18.0 Å². The molecule has 0 atom stereocenters. The van der Waals surface area contributed by atoms with Crippen LogP contribution in [-0.2, 0) is 18.3 Å². The normalized spacial score (nSPS) is 11.6. The summed E-state index contributed by atoms with van der Waals surface area (Å²) in [5, 5.41) is 0. The van der Waals surface area contributed by atoms with Crippen LogP contribution in [0, 0.1) is 0 Å². The van der Waals surface area contributed by atoms with Crippen LogP contribution in [0.4, 0.5) is 0 Å². The first-order chi connectivity index (χ1) is 11.0. The molecule has 126 valence electrons. The van der Waals surface area contributed by atoms with E-state index in [4.69, 9.17) is 22.7 Å². The quantitative estimate of drug-likeness (QED) is 0.527. The minimum Gasteiger partial charge on any atom is -0.461 e. The van der Waals surface area contributed by atoms with E-state index < -0.39 is 13.8 Å². The maximum atomic E-state index is 12.5. The summed E-state index contributed by atoms with van der Waals surface area (Å²) in [6.45, 7) is 5.21. The lowest BCUT2D eigenvalue weighted by molar-refractivity contribution is 0.0516. The van der Waals surface area contributed by atoms with Crippen molar-refractivity contribution >= 4 is 25.0 Å². The Morgan fingerprint density at radius 1 is 1.17 bits per heavy atom. The Morgan fingerprint density at radius 3 is 2.48 bits per heavy atom. The molecular weight excluding hydrogens is 327 g/mol. The maximum absolute atomic E-state index is 12.5. The number of rotatable bonds is 8. The summed E-state index contributed by atoms with van der Waals surface area (Å²) in [6.07, 6.45) is 1.36. The smallest absolute Gasteiger partial charge is 0.461 e. The number of carbonyl (C=O) groups excluding carboxylic acids is 1. The van der Waals surface area contributed by atoms with E-state index in [1.165, 1.54) is 12.3 Å². The summed E-state index contributed by atoms with van der Waals surface area (Å²) in [5.74, 6) is -1.10. The van der Waals surface area contributed by atoms with Crippen molar-refractivity contribution in [3.63, 3.8) is 0 Å². The predicted octanol–water partition coefficient (Wildman–Crippen LogP) is 2.96. The van der Waals surface area contributed by atoms with Gasteiger partial charge in [-0.1, -0.05) is 0 Å². The lowest BCUT2D eigenvalue weighted by Gasteiger charge is -2.17. The summed E-state index contributed by atoms with van der Waals surface area (Å²) in [6, 6.07) is 1.53. The SMILES string of the molecule is CCOC(=O)c1nc2ccoc2nc1OP(=O)(OCC)OCC. The van der Waals surface area contributed by atoms with Crippen LogP contribution < -0.4 is 4.52 Å². The minimum atomic E-state index is -3.94. The van der Waals surface area contributed by atoms with Crippen molar-refractivity contribution in [1.29, 1.82) is 0 Å². The molecule has 0 unspecified atom stereocenters. The third-order valence-electron chi connectivity index (χ3n) is 2.50. The van der Waals surface area contributed by atoms with Gasteiger partial charge in [0.05, 0.1) is 26.1 Å². The van der Waals surface area contributed by atoms with Crippen LogP contribution in [0.2, 0.25) is 0 Å². The molecule has 23 heavy (non-hydrogen) atoms. The molecule has 0 fully saturated rings. The summed E-state index contributed by atoms with van der Waals surface area (Å²) >= 11 is 0. The predicted molar refractivity (Wildman–Crippen MR) is 79.2 cm³/mol. The number of phosphoric acid groups is 1. The largest absolute Gasteiger partial charge is 0.531 e. The van der Waals surface area contributed by atoms with E-state index in [9.17, 15) is 9.36 Å². The Labute approximate surface area is 132 Å². The van der Waals surface area contributed by atoms with Crippen LogP contribution in [0.15, 0.2) is 16.7 Å². The molecule has 0 radical (unpaired) electrons. The van der Waals surface area contributed by atoms with Gasteiger partial charge in [0, 0.05) is 6.07 Å². The number of hydrogen-bond acceptors (Lipinski definition) is 9. The number of esters is 1. The van der Waals surface area contributed by atoms with Crippen molar-refractivity contribution in [3.8, 4) is 5.88 Å². The number of aromatic nitrogens is 2. The van der Waals surface area contributed by atoms with Crippen LogP contribution in [0.1, 0.15) is 31.3 Å². The van der Waals surface area contributed by atoms with Gasteiger partial charge in [0.1, 0.15) is 5.52 Å². The highest BCUT2D eigenvalue weighted by Gasteiger charge is 2.32. The lowest BCUT2D eigenvalue weighted by atomic mass is 10.4. The van der Waals surface area contributed by atoms with Gasteiger partial charge in [-0.2, -0.15) is 4.98 Å². The van der Waals surface area contributed by atoms with Crippen LogP contribution in [0.5, 0.6) is 5.88 Å². The average Bonchev–Trinajstić information content (AvgIpc) is 2.94. The fraction of sp³-hybridized carbons (Fsp3) is 0.462. The second kappa shape index (κ2) is 7.54. The second-order valence-corrected chi connectivity index (χ2v) is 5.68. The van der Waals surface area contributed by atoms with Gasteiger partial charge in [0.25, 0.3) is 5.88 Å². The zero-order valence-electron chi connectivity index (χ0n) is 13.0. The molecule has 0 aliphatic rings. The zero-order valence-corrected chi connectivity index (χ0v) is 13.9. The summed E-state index contributed by atoms with van der Waals surface area (Å²) in [7, 11) is -3.94. The molecule has 0 aliphatic heterocycles. The van der Waals surface area contributed by atoms with Crippen LogP contribution in [0.25, 0.3) is 11.2 Å².